The Morgan fingerprint density at radius 2 is 2.00 bits per heavy atom. The molecule has 0 amide bonds. The van der Waals surface area contributed by atoms with Gasteiger partial charge in [-0.05, 0) is 24.1 Å². The summed E-state index contributed by atoms with van der Waals surface area (Å²) in [4.78, 5) is 1.55. The quantitative estimate of drug-likeness (QED) is 0.662. The summed E-state index contributed by atoms with van der Waals surface area (Å²) in [5, 5.41) is 8.87. The van der Waals surface area contributed by atoms with Crippen LogP contribution in [-0.4, -0.2) is 24.4 Å². The van der Waals surface area contributed by atoms with Crippen molar-refractivity contribution >= 4 is 5.69 Å². The first-order valence-electron chi connectivity index (χ1n) is 5.82. The van der Waals surface area contributed by atoms with Crippen LogP contribution in [0.3, 0.4) is 0 Å². The molecule has 6 heteroatoms. The van der Waals surface area contributed by atoms with E-state index >= 15 is 0 Å². The lowest BCUT2D eigenvalue weighted by Crippen LogP contribution is -2.32. The predicted molar refractivity (Wildman–Crippen MR) is 63.3 cm³/mol. The number of hydrogen-bond donors (Lipinski definition) is 1. The van der Waals surface area contributed by atoms with E-state index in [0.717, 1.165) is 6.08 Å². The van der Waals surface area contributed by atoms with E-state index in [1.165, 1.54) is 12.1 Å². The third-order valence-corrected chi connectivity index (χ3v) is 3.11. The molecule has 0 unspecified atom stereocenters. The number of aliphatic hydroxyl groups excluding tert-OH is 1. The van der Waals surface area contributed by atoms with Gasteiger partial charge in [-0.2, -0.15) is 13.2 Å². The molecule has 1 heterocycles. The molecule has 0 bridgehead atoms. The van der Waals surface area contributed by atoms with Gasteiger partial charge in [-0.1, -0.05) is 12.1 Å². The molecule has 0 spiro atoms. The van der Waals surface area contributed by atoms with Gasteiger partial charge in [0.05, 0.1) is 12.3 Å². The van der Waals surface area contributed by atoms with Gasteiger partial charge in [0.25, 0.3) is 0 Å². The zero-order valence-corrected chi connectivity index (χ0v) is 10.0. The zero-order chi connectivity index (χ0) is 14.0. The van der Waals surface area contributed by atoms with Crippen molar-refractivity contribution in [2.24, 2.45) is 0 Å². The van der Waals surface area contributed by atoms with Crippen LogP contribution < -0.4 is 4.90 Å². The lowest BCUT2D eigenvalue weighted by Gasteiger charge is -2.29. The van der Waals surface area contributed by atoms with Crippen molar-refractivity contribution in [3.63, 3.8) is 0 Å². The van der Waals surface area contributed by atoms with Gasteiger partial charge >= 0.3 is 6.18 Å². The van der Waals surface area contributed by atoms with Crippen molar-refractivity contribution in [2.45, 2.75) is 19.2 Å². The molecule has 0 saturated heterocycles. The SMILES string of the molecule is OCc1ccc(N2CC=C(C(F)(F)F)CC2)c(F)c1. The molecule has 2 nitrogen and oxygen atoms in total. The Morgan fingerprint density at radius 1 is 1.26 bits per heavy atom. The number of halogens is 4. The van der Waals surface area contributed by atoms with E-state index in [1.807, 2.05) is 0 Å². The minimum atomic E-state index is -4.30. The monoisotopic (exact) mass is 275 g/mol. The van der Waals surface area contributed by atoms with Crippen LogP contribution in [0.5, 0.6) is 0 Å². The van der Waals surface area contributed by atoms with Gasteiger partial charge in [0.2, 0.25) is 0 Å². The topological polar surface area (TPSA) is 23.5 Å². The van der Waals surface area contributed by atoms with Crippen molar-refractivity contribution in [3.8, 4) is 0 Å². The van der Waals surface area contributed by atoms with Gasteiger partial charge < -0.3 is 10.0 Å². The molecule has 0 aliphatic carbocycles. The maximum Gasteiger partial charge on any atom is 0.412 e. The lowest BCUT2D eigenvalue weighted by molar-refractivity contribution is -0.0943. The van der Waals surface area contributed by atoms with Crippen LogP contribution in [0.15, 0.2) is 29.8 Å². The second kappa shape index (κ2) is 5.21. The Bertz CT molecular complexity index is 496. The fourth-order valence-electron chi connectivity index (χ4n) is 2.05. The number of aliphatic hydroxyl groups is 1. The van der Waals surface area contributed by atoms with Crippen LogP contribution in [0.25, 0.3) is 0 Å². The molecule has 19 heavy (non-hydrogen) atoms. The van der Waals surface area contributed by atoms with Gasteiger partial charge in [0.1, 0.15) is 5.82 Å². The predicted octanol–water partition coefficient (Wildman–Crippen LogP) is 3.02. The summed E-state index contributed by atoms with van der Waals surface area (Å²) in [5.41, 5.74) is 0.135. The molecule has 1 N–H and O–H groups in total. The molecule has 1 aromatic rings. The zero-order valence-electron chi connectivity index (χ0n) is 10.0. The van der Waals surface area contributed by atoms with E-state index in [1.54, 1.807) is 11.0 Å². The first-order chi connectivity index (χ1) is 8.91. The van der Waals surface area contributed by atoms with E-state index in [9.17, 15) is 17.6 Å². The smallest absolute Gasteiger partial charge is 0.392 e. The Morgan fingerprint density at radius 3 is 2.47 bits per heavy atom. The Labute approximate surface area is 108 Å². The summed E-state index contributed by atoms with van der Waals surface area (Å²) in [6.07, 6.45) is -3.36. The number of benzene rings is 1. The van der Waals surface area contributed by atoms with Crippen molar-refractivity contribution in [1.29, 1.82) is 0 Å². The molecule has 1 aliphatic heterocycles. The van der Waals surface area contributed by atoms with E-state index in [0.29, 0.717) is 5.56 Å². The molecule has 0 saturated carbocycles. The highest BCUT2D eigenvalue weighted by Crippen LogP contribution is 2.32. The summed E-state index contributed by atoms with van der Waals surface area (Å²) in [6.45, 7) is -0.111. The number of anilines is 1. The fraction of sp³-hybridized carbons (Fsp3) is 0.385. The average Bonchev–Trinajstić information content (AvgIpc) is 2.37. The Kier molecular flexibility index (Phi) is 3.80. The van der Waals surface area contributed by atoms with Gasteiger partial charge in [-0.15, -0.1) is 0 Å². The number of alkyl halides is 3. The van der Waals surface area contributed by atoms with Gasteiger partial charge in [0, 0.05) is 18.7 Å². The van der Waals surface area contributed by atoms with Crippen LogP contribution in [0, 0.1) is 5.82 Å². The molecular weight excluding hydrogens is 262 g/mol. The summed E-state index contributed by atoms with van der Waals surface area (Å²) in [5.74, 6) is -0.532. The fourth-order valence-corrected chi connectivity index (χ4v) is 2.05. The highest BCUT2D eigenvalue weighted by Gasteiger charge is 2.35. The number of hydrogen-bond acceptors (Lipinski definition) is 2. The molecule has 0 atom stereocenters. The first-order valence-corrected chi connectivity index (χ1v) is 5.82. The van der Waals surface area contributed by atoms with Crippen LogP contribution in [-0.2, 0) is 6.61 Å². The van der Waals surface area contributed by atoms with E-state index in [4.69, 9.17) is 5.11 Å². The first kappa shape index (κ1) is 13.9. The Hall–Kier alpha value is -1.56. The molecule has 1 aromatic carbocycles. The van der Waals surface area contributed by atoms with Crippen molar-refractivity contribution in [2.75, 3.05) is 18.0 Å². The second-order valence-corrected chi connectivity index (χ2v) is 4.37. The molecule has 0 radical (unpaired) electrons. The van der Waals surface area contributed by atoms with E-state index in [2.05, 4.69) is 0 Å². The van der Waals surface area contributed by atoms with Crippen molar-refractivity contribution in [1.82, 2.24) is 0 Å². The highest BCUT2D eigenvalue weighted by atomic mass is 19.4. The van der Waals surface area contributed by atoms with Crippen LogP contribution in [0.2, 0.25) is 0 Å². The largest absolute Gasteiger partial charge is 0.412 e. The summed E-state index contributed by atoms with van der Waals surface area (Å²) in [6, 6.07) is 4.23. The molecular formula is C13H13F4NO. The van der Waals surface area contributed by atoms with Gasteiger partial charge in [0.15, 0.2) is 0 Å². The molecule has 1 aliphatic rings. The van der Waals surface area contributed by atoms with Crippen molar-refractivity contribution < 1.29 is 22.7 Å². The highest BCUT2D eigenvalue weighted by molar-refractivity contribution is 5.51. The van der Waals surface area contributed by atoms with E-state index in [-0.39, 0.29) is 31.8 Å². The van der Waals surface area contributed by atoms with E-state index < -0.39 is 17.6 Å². The summed E-state index contributed by atoms with van der Waals surface area (Å²) >= 11 is 0. The normalized spacial score (nSPS) is 16.5. The third kappa shape index (κ3) is 3.07. The average molecular weight is 275 g/mol. The Balaban J connectivity index is 2.16. The molecule has 0 fully saturated rings. The van der Waals surface area contributed by atoms with Gasteiger partial charge in [-0.25, -0.2) is 4.39 Å². The third-order valence-electron chi connectivity index (χ3n) is 3.11. The minimum absolute atomic E-state index is 0.0320. The van der Waals surface area contributed by atoms with Gasteiger partial charge in [-0.3, -0.25) is 0 Å². The standard InChI is InChI=1S/C13H13F4NO/c14-11-7-9(8-19)1-2-12(11)18-5-3-10(4-6-18)13(15,16)17/h1-3,7,19H,4-6,8H2. The second-order valence-electron chi connectivity index (χ2n) is 4.37. The van der Waals surface area contributed by atoms with Crippen LogP contribution in [0.1, 0.15) is 12.0 Å². The molecule has 2 rings (SSSR count). The molecule has 0 aromatic heterocycles. The summed E-state index contributed by atoms with van der Waals surface area (Å²) in [7, 11) is 0. The number of rotatable bonds is 2. The van der Waals surface area contributed by atoms with Crippen LogP contribution in [0.4, 0.5) is 23.2 Å². The number of nitrogens with zero attached hydrogens (tertiary/aromatic N) is 1. The van der Waals surface area contributed by atoms with Crippen LogP contribution >= 0.6 is 0 Å². The molecule has 104 valence electrons. The van der Waals surface area contributed by atoms with Crippen molar-refractivity contribution in [3.05, 3.63) is 41.2 Å². The maximum atomic E-state index is 13.8. The maximum absolute atomic E-state index is 13.8. The minimum Gasteiger partial charge on any atom is -0.392 e. The summed E-state index contributed by atoms with van der Waals surface area (Å²) < 4.78 is 51.1. The lowest BCUT2D eigenvalue weighted by atomic mass is 10.1.